The van der Waals surface area contributed by atoms with Gasteiger partial charge in [0.15, 0.2) is 0 Å². The van der Waals surface area contributed by atoms with Gasteiger partial charge in [-0.2, -0.15) is 0 Å². The molecule has 0 amide bonds. The van der Waals surface area contributed by atoms with Gasteiger partial charge in [-0.15, -0.1) is 0 Å². The third-order valence-corrected chi connectivity index (χ3v) is 4.03. The normalized spacial score (nSPS) is 10.6. The largest absolute Gasteiger partial charge is 0.496 e. The van der Waals surface area contributed by atoms with Crippen molar-refractivity contribution in [1.29, 1.82) is 0 Å². The maximum atomic E-state index is 12.5. The summed E-state index contributed by atoms with van der Waals surface area (Å²) in [5.74, 6) is 0.359. The summed E-state index contributed by atoms with van der Waals surface area (Å²) in [6.45, 7) is 2.03. The van der Waals surface area contributed by atoms with Gasteiger partial charge in [-0.05, 0) is 36.6 Å². The van der Waals surface area contributed by atoms with E-state index in [0.717, 1.165) is 16.5 Å². The number of aromatic nitrogens is 1. The van der Waals surface area contributed by atoms with Crippen molar-refractivity contribution in [1.82, 2.24) is 4.98 Å². The van der Waals surface area contributed by atoms with Crippen LogP contribution in [-0.4, -0.2) is 24.7 Å². The number of carbonyl (C=O) groups is 1. The molecule has 0 fully saturated rings. The van der Waals surface area contributed by atoms with Gasteiger partial charge in [0.25, 0.3) is 0 Å². The Labute approximate surface area is 146 Å². The molecule has 0 saturated heterocycles. The monoisotopic (exact) mass is 336 g/mol. The maximum Gasteiger partial charge on any atom is 0.342 e. The summed E-state index contributed by atoms with van der Waals surface area (Å²) in [5.41, 5.74) is 8.94. The van der Waals surface area contributed by atoms with Crippen LogP contribution in [0.2, 0.25) is 0 Å². The standard InChI is InChI=1S/C20H20N2O3/c1-3-25-20(23)18-14(12-13-8-5-4-6-9-13)17-15(22-19(18)21)10-7-11-16(17)24-2/h4-11H,3,12H2,1-2H3,(H2,21,22). The third-order valence-electron chi connectivity index (χ3n) is 4.03. The number of hydrogen-bond acceptors (Lipinski definition) is 5. The third kappa shape index (κ3) is 3.26. The summed E-state index contributed by atoms with van der Waals surface area (Å²) in [5, 5.41) is 0.783. The summed E-state index contributed by atoms with van der Waals surface area (Å²) in [7, 11) is 1.60. The van der Waals surface area contributed by atoms with E-state index in [1.54, 1.807) is 14.0 Å². The highest BCUT2D eigenvalue weighted by Crippen LogP contribution is 2.34. The molecular weight excluding hydrogens is 316 g/mol. The fourth-order valence-corrected chi connectivity index (χ4v) is 2.96. The molecule has 0 bridgehead atoms. The Morgan fingerprint density at radius 1 is 1.12 bits per heavy atom. The second-order valence-corrected chi connectivity index (χ2v) is 5.59. The molecule has 0 radical (unpaired) electrons. The predicted molar refractivity (Wildman–Crippen MR) is 97.9 cm³/mol. The highest BCUT2D eigenvalue weighted by atomic mass is 16.5. The number of nitrogen functional groups attached to an aromatic ring is 1. The highest BCUT2D eigenvalue weighted by molar-refractivity contribution is 6.03. The Bertz CT molecular complexity index is 908. The maximum absolute atomic E-state index is 12.5. The first-order chi connectivity index (χ1) is 12.2. The van der Waals surface area contributed by atoms with Crippen LogP contribution in [0.1, 0.15) is 28.4 Å². The molecule has 5 heteroatoms. The van der Waals surface area contributed by atoms with Crippen LogP contribution in [0.3, 0.4) is 0 Å². The second-order valence-electron chi connectivity index (χ2n) is 5.59. The van der Waals surface area contributed by atoms with E-state index < -0.39 is 5.97 Å². The average Bonchev–Trinajstić information content (AvgIpc) is 2.62. The van der Waals surface area contributed by atoms with E-state index in [9.17, 15) is 4.79 Å². The number of esters is 1. The van der Waals surface area contributed by atoms with Crippen molar-refractivity contribution in [3.63, 3.8) is 0 Å². The molecule has 0 spiro atoms. The first-order valence-electron chi connectivity index (χ1n) is 8.11. The number of pyridine rings is 1. The van der Waals surface area contributed by atoms with Gasteiger partial charge in [0.05, 0.1) is 19.2 Å². The summed E-state index contributed by atoms with van der Waals surface area (Å²) < 4.78 is 10.7. The van der Waals surface area contributed by atoms with Crippen LogP contribution in [0.25, 0.3) is 10.9 Å². The summed E-state index contributed by atoms with van der Waals surface area (Å²) in [4.78, 5) is 16.9. The number of nitrogens with zero attached hydrogens (tertiary/aromatic N) is 1. The quantitative estimate of drug-likeness (QED) is 0.721. The van der Waals surface area contributed by atoms with Crippen LogP contribution in [-0.2, 0) is 11.2 Å². The number of rotatable bonds is 5. The first-order valence-corrected chi connectivity index (χ1v) is 8.11. The first kappa shape index (κ1) is 16.8. The lowest BCUT2D eigenvalue weighted by Gasteiger charge is -2.16. The zero-order valence-electron chi connectivity index (χ0n) is 14.3. The Kier molecular flexibility index (Phi) is 4.84. The number of carbonyl (C=O) groups excluding carboxylic acids is 1. The summed E-state index contributed by atoms with van der Waals surface area (Å²) in [6, 6.07) is 15.5. The molecule has 0 aliphatic heterocycles. The van der Waals surface area contributed by atoms with Crippen LogP contribution >= 0.6 is 0 Å². The SMILES string of the molecule is CCOC(=O)c1c(N)nc2cccc(OC)c2c1Cc1ccccc1. The minimum Gasteiger partial charge on any atom is -0.496 e. The van der Waals surface area contributed by atoms with E-state index in [1.165, 1.54) is 0 Å². The lowest BCUT2D eigenvalue weighted by molar-refractivity contribution is 0.0526. The van der Waals surface area contributed by atoms with Crippen molar-refractivity contribution in [2.45, 2.75) is 13.3 Å². The van der Waals surface area contributed by atoms with Crippen LogP contribution in [0.4, 0.5) is 5.82 Å². The Balaban J connectivity index is 2.30. The molecule has 2 aromatic carbocycles. The highest BCUT2D eigenvalue weighted by Gasteiger charge is 2.23. The lowest BCUT2D eigenvalue weighted by Crippen LogP contribution is -2.14. The number of ether oxygens (including phenoxy) is 2. The number of anilines is 1. The topological polar surface area (TPSA) is 74.4 Å². The number of methoxy groups -OCH3 is 1. The van der Waals surface area contributed by atoms with Crippen LogP contribution in [0.15, 0.2) is 48.5 Å². The number of fused-ring (bicyclic) bond motifs is 1. The van der Waals surface area contributed by atoms with Gasteiger partial charge in [-0.3, -0.25) is 0 Å². The lowest BCUT2D eigenvalue weighted by atomic mass is 9.95. The van der Waals surface area contributed by atoms with Gasteiger partial charge in [0, 0.05) is 5.39 Å². The van der Waals surface area contributed by atoms with E-state index in [1.807, 2.05) is 48.5 Å². The van der Waals surface area contributed by atoms with Crippen LogP contribution in [0, 0.1) is 0 Å². The molecule has 3 rings (SSSR count). The van der Waals surface area contributed by atoms with Gasteiger partial charge in [0.2, 0.25) is 0 Å². The summed E-state index contributed by atoms with van der Waals surface area (Å²) >= 11 is 0. The van der Waals surface area contributed by atoms with E-state index in [0.29, 0.717) is 23.3 Å². The Hall–Kier alpha value is -3.08. The van der Waals surface area contributed by atoms with Gasteiger partial charge < -0.3 is 15.2 Å². The van der Waals surface area contributed by atoms with Gasteiger partial charge >= 0.3 is 5.97 Å². The van der Waals surface area contributed by atoms with Crippen molar-refractivity contribution in [3.05, 3.63) is 65.2 Å². The molecule has 128 valence electrons. The van der Waals surface area contributed by atoms with Crippen molar-refractivity contribution < 1.29 is 14.3 Å². The predicted octanol–water partition coefficient (Wildman–Crippen LogP) is 3.59. The fraction of sp³-hybridized carbons (Fsp3) is 0.200. The number of benzene rings is 2. The second kappa shape index (κ2) is 7.21. The molecular formula is C20H20N2O3. The van der Waals surface area contributed by atoms with E-state index in [-0.39, 0.29) is 12.4 Å². The molecule has 1 heterocycles. The molecule has 0 saturated carbocycles. The van der Waals surface area contributed by atoms with Gasteiger partial charge in [-0.25, -0.2) is 9.78 Å². The zero-order chi connectivity index (χ0) is 17.8. The minimum atomic E-state index is -0.466. The molecule has 0 unspecified atom stereocenters. The molecule has 5 nitrogen and oxygen atoms in total. The fourth-order valence-electron chi connectivity index (χ4n) is 2.96. The van der Waals surface area contributed by atoms with Crippen molar-refractivity contribution in [2.24, 2.45) is 0 Å². The Morgan fingerprint density at radius 2 is 1.88 bits per heavy atom. The van der Waals surface area contributed by atoms with E-state index in [2.05, 4.69) is 4.98 Å². The van der Waals surface area contributed by atoms with Crippen LogP contribution in [0.5, 0.6) is 5.75 Å². The molecule has 25 heavy (non-hydrogen) atoms. The van der Waals surface area contributed by atoms with E-state index in [4.69, 9.17) is 15.2 Å². The Morgan fingerprint density at radius 3 is 2.56 bits per heavy atom. The number of hydrogen-bond donors (Lipinski definition) is 1. The molecule has 0 aliphatic rings. The number of nitrogens with two attached hydrogens (primary N) is 1. The van der Waals surface area contributed by atoms with Crippen molar-refractivity contribution in [3.8, 4) is 5.75 Å². The summed E-state index contributed by atoms with van der Waals surface area (Å²) in [6.07, 6.45) is 0.526. The molecule has 0 atom stereocenters. The van der Waals surface area contributed by atoms with E-state index >= 15 is 0 Å². The molecule has 1 aromatic heterocycles. The average molecular weight is 336 g/mol. The molecule has 2 N–H and O–H groups in total. The van der Waals surface area contributed by atoms with Gasteiger partial charge in [-0.1, -0.05) is 36.4 Å². The smallest absolute Gasteiger partial charge is 0.342 e. The van der Waals surface area contributed by atoms with Crippen molar-refractivity contribution >= 4 is 22.7 Å². The molecule has 3 aromatic rings. The minimum absolute atomic E-state index is 0.171. The zero-order valence-corrected chi connectivity index (χ0v) is 14.3. The van der Waals surface area contributed by atoms with Crippen LogP contribution < -0.4 is 10.5 Å². The molecule has 0 aliphatic carbocycles. The van der Waals surface area contributed by atoms with Gasteiger partial charge in [0.1, 0.15) is 17.1 Å². The van der Waals surface area contributed by atoms with Crippen molar-refractivity contribution in [2.75, 3.05) is 19.5 Å².